The third-order valence-corrected chi connectivity index (χ3v) is 2.78. The zero-order valence-electron chi connectivity index (χ0n) is 10.6. The highest BCUT2D eigenvalue weighted by Crippen LogP contribution is 2.11. The number of allylic oxidation sites excluding steroid dienone is 1. The van der Waals surface area contributed by atoms with Gasteiger partial charge in [-0.15, -0.1) is 11.3 Å². The normalized spacial score (nSPS) is 9.72. The van der Waals surface area contributed by atoms with E-state index >= 15 is 0 Å². The first-order valence-electron chi connectivity index (χ1n) is 5.58. The number of nitrogens with one attached hydrogen (secondary N) is 1. The summed E-state index contributed by atoms with van der Waals surface area (Å²) < 4.78 is 4.80. The number of carbonyl (C=O) groups excluding carboxylic acids is 2. The monoisotopic (exact) mass is 268 g/mol. The largest absolute Gasteiger partial charge is 0.461 e. The van der Waals surface area contributed by atoms with Crippen LogP contribution in [0.2, 0.25) is 0 Å². The van der Waals surface area contributed by atoms with Crippen LogP contribution in [0.4, 0.5) is 0 Å². The number of esters is 1. The molecular weight excluding hydrogens is 252 g/mol. The van der Waals surface area contributed by atoms with Crippen molar-refractivity contribution < 1.29 is 14.3 Å². The van der Waals surface area contributed by atoms with Gasteiger partial charge in [0.15, 0.2) is 0 Å². The fraction of sp³-hybridized carbons (Fsp3) is 0.417. The number of nitrogens with zero attached hydrogens (tertiary/aromatic N) is 1. The predicted molar refractivity (Wildman–Crippen MR) is 69.8 cm³/mol. The fourth-order valence-electron chi connectivity index (χ4n) is 1.10. The molecule has 1 heterocycles. The number of aromatic nitrogens is 1. The lowest BCUT2D eigenvalue weighted by molar-refractivity contribution is 0.0526. The van der Waals surface area contributed by atoms with Crippen molar-refractivity contribution in [2.24, 2.45) is 0 Å². The maximum absolute atomic E-state index is 11.7. The summed E-state index contributed by atoms with van der Waals surface area (Å²) in [5.41, 5.74) is 1.37. The molecule has 5 nitrogen and oxygen atoms in total. The van der Waals surface area contributed by atoms with Gasteiger partial charge >= 0.3 is 5.97 Å². The van der Waals surface area contributed by atoms with Crippen molar-refractivity contribution in [2.75, 3.05) is 13.2 Å². The van der Waals surface area contributed by atoms with Crippen LogP contribution in [0.15, 0.2) is 17.0 Å². The van der Waals surface area contributed by atoms with Crippen molar-refractivity contribution in [3.05, 3.63) is 27.7 Å². The van der Waals surface area contributed by atoms with Crippen LogP contribution in [-0.4, -0.2) is 30.0 Å². The van der Waals surface area contributed by atoms with Gasteiger partial charge in [0.2, 0.25) is 5.01 Å². The molecule has 98 valence electrons. The lowest BCUT2D eigenvalue weighted by atomic mass is 10.3. The first kappa shape index (κ1) is 14.4. The summed E-state index contributed by atoms with van der Waals surface area (Å²) in [6.45, 7) is 6.37. The molecule has 0 atom stereocenters. The number of amides is 1. The maximum atomic E-state index is 11.7. The second-order valence-electron chi connectivity index (χ2n) is 3.75. The third kappa shape index (κ3) is 4.29. The molecule has 0 saturated carbocycles. The van der Waals surface area contributed by atoms with Gasteiger partial charge in [0, 0.05) is 11.9 Å². The summed E-state index contributed by atoms with van der Waals surface area (Å²) in [5.74, 6) is -0.787. The van der Waals surface area contributed by atoms with Crippen molar-refractivity contribution in [1.29, 1.82) is 0 Å². The fourth-order valence-corrected chi connectivity index (χ4v) is 1.79. The van der Waals surface area contributed by atoms with E-state index in [0.717, 1.165) is 16.9 Å². The molecule has 0 aliphatic carbocycles. The summed E-state index contributed by atoms with van der Waals surface area (Å²) in [6.07, 6.45) is 1.90. The van der Waals surface area contributed by atoms with Gasteiger partial charge in [0.25, 0.3) is 5.91 Å². The number of hydrogen-bond donors (Lipinski definition) is 1. The van der Waals surface area contributed by atoms with E-state index in [-0.39, 0.29) is 16.6 Å². The summed E-state index contributed by atoms with van der Waals surface area (Å²) in [6, 6.07) is 0. The Kier molecular flexibility index (Phi) is 5.51. The second-order valence-corrected chi connectivity index (χ2v) is 4.61. The van der Waals surface area contributed by atoms with E-state index in [2.05, 4.69) is 10.3 Å². The molecule has 0 aromatic carbocycles. The molecule has 1 aromatic rings. The van der Waals surface area contributed by atoms with Crippen molar-refractivity contribution in [3.8, 4) is 0 Å². The van der Waals surface area contributed by atoms with Crippen LogP contribution in [0.1, 0.15) is 41.1 Å². The van der Waals surface area contributed by atoms with Crippen LogP contribution in [0.25, 0.3) is 0 Å². The zero-order chi connectivity index (χ0) is 13.5. The maximum Gasteiger partial charge on any atom is 0.367 e. The topological polar surface area (TPSA) is 68.3 Å². The molecular formula is C12H16N2O3S. The van der Waals surface area contributed by atoms with E-state index in [9.17, 15) is 9.59 Å². The molecule has 1 amide bonds. The average Bonchev–Trinajstić information content (AvgIpc) is 2.78. The SMILES string of the molecule is CCOC(=O)c1nc(C(=O)NCC=C(C)C)cs1. The summed E-state index contributed by atoms with van der Waals surface area (Å²) in [4.78, 5) is 27.0. The summed E-state index contributed by atoms with van der Waals surface area (Å²) in [5, 5.41) is 4.44. The number of thiazole rings is 1. The average molecular weight is 268 g/mol. The van der Waals surface area contributed by atoms with E-state index in [1.807, 2.05) is 19.9 Å². The molecule has 0 bridgehead atoms. The van der Waals surface area contributed by atoms with Crippen molar-refractivity contribution in [2.45, 2.75) is 20.8 Å². The van der Waals surface area contributed by atoms with Crippen LogP contribution in [0.5, 0.6) is 0 Å². The standard InChI is InChI=1S/C12H16N2O3S/c1-4-17-12(16)11-14-9(7-18-11)10(15)13-6-5-8(2)3/h5,7H,4,6H2,1-3H3,(H,13,15). The lowest BCUT2D eigenvalue weighted by Gasteiger charge is -1.99. The highest BCUT2D eigenvalue weighted by molar-refractivity contribution is 7.11. The Hall–Kier alpha value is -1.69. The molecule has 1 N–H and O–H groups in total. The lowest BCUT2D eigenvalue weighted by Crippen LogP contribution is -2.24. The Balaban J connectivity index is 2.59. The highest BCUT2D eigenvalue weighted by atomic mass is 32.1. The Bertz CT molecular complexity index is 462. The minimum Gasteiger partial charge on any atom is -0.461 e. The first-order valence-corrected chi connectivity index (χ1v) is 6.46. The summed E-state index contributed by atoms with van der Waals surface area (Å²) in [7, 11) is 0. The molecule has 0 aliphatic heterocycles. The van der Waals surface area contributed by atoms with Gasteiger partial charge < -0.3 is 10.1 Å². The highest BCUT2D eigenvalue weighted by Gasteiger charge is 2.15. The summed E-state index contributed by atoms with van der Waals surface area (Å²) >= 11 is 1.10. The molecule has 0 radical (unpaired) electrons. The van der Waals surface area contributed by atoms with Gasteiger partial charge in [-0.1, -0.05) is 11.6 Å². The molecule has 18 heavy (non-hydrogen) atoms. The van der Waals surface area contributed by atoms with Crippen LogP contribution in [-0.2, 0) is 4.74 Å². The van der Waals surface area contributed by atoms with E-state index in [1.165, 1.54) is 0 Å². The Morgan fingerprint density at radius 1 is 1.50 bits per heavy atom. The van der Waals surface area contributed by atoms with Crippen LogP contribution < -0.4 is 5.32 Å². The minimum atomic E-state index is -0.495. The number of ether oxygens (including phenoxy) is 1. The van der Waals surface area contributed by atoms with Crippen LogP contribution in [0.3, 0.4) is 0 Å². The molecule has 1 rings (SSSR count). The third-order valence-electron chi connectivity index (χ3n) is 1.96. The molecule has 0 aliphatic rings. The van der Waals surface area contributed by atoms with Crippen molar-refractivity contribution in [1.82, 2.24) is 10.3 Å². The molecule has 6 heteroatoms. The molecule has 1 aromatic heterocycles. The molecule has 0 spiro atoms. The molecule has 0 fully saturated rings. The van der Waals surface area contributed by atoms with Gasteiger partial charge in [-0.2, -0.15) is 0 Å². The van der Waals surface area contributed by atoms with E-state index < -0.39 is 5.97 Å². The van der Waals surface area contributed by atoms with Gasteiger partial charge in [-0.25, -0.2) is 9.78 Å². The van der Waals surface area contributed by atoms with Gasteiger partial charge in [0.1, 0.15) is 5.69 Å². The Morgan fingerprint density at radius 3 is 2.83 bits per heavy atom. The molecule has 0 saturated heterocycles. The molecule has 0 unspecified atom stereocenters. The first-order chi connectivity index (χ1) is 8.54. The second kappa shape index (κ2) is 6.90. The number of rotatable bonds is 5. The Labute approximate surface area is 110 Å². The van der Waals surface area contributed by atoms with Crippen LogP contribution in [0, 0.1) is 0 Å². The van der Waals surface area contributed by atoms with Crippen molar-refractivity contribution >= 4 is 23.2 Å². The van der Waals surface area contributed by atoms with Gasteiger partial charge in [-0.05, 0) is 20.8 Å². The van der Waals surface area contributed by atoms with E-state index in [0.29, 0.717) is 13.2 Å². The van der Waals surface area contributed by atoms with Crippen molar-refractivity contribution in [3.63, 3.8) is 0 Å². The number of carbonyl (C=O) groups is 2. The van der Waals surface area contributed by atoms with E-state index in [4.69, 9.17) is 4.74 Å². The van der Waals surface area contributed by atoms with Gasteiger partial charge in [-0.3, -0.25) is 4.79 Å². The van der Waals surface area contributed by atoms with E-state index in [1.54, 1.807) is 12.3 Å². The smallest absolute Gasteiger partial charge is 0.367 e. The van der Waals surface area contributed by atoms with Crippen LogP contribution >= 0.6 is 11.3 Å². The predicted octanol–water partition coefficient (Wildman–Crippen LogP) is 2.02. The quantitative estimate of drug-likeness (QED) is 0.655. The van der Waals surface area contributed by atoms with Gasteiger partial charge in [0.05, 0.1) is 6.61 Å². The minimum absolute atomic E-state index is 0.198. The number of hydrogen-bond acceptors (Lipinski definition) is 5. The Morgan fingerprint density at radius 2 is 2.22 bits per heavy atom. The zero-order valence-corrected chi connectivity index (χ0v) is 11.5.